The molecule has 25 heavy (non-hydrogen) atoms. The Hall–Kier alpha value is -2.06. The number of halogens is 1. The molecule has 0 atom stereocenters. The lowest BCUT2D eigenvalue weighted by molar-refractivity contribution is -0.135. The molecule has 0 saturated carbocycles. The van der Waals surface area contributed by atoms with E-state index in [0.29, 0.717) is 21.5 Å². The molecular weight excluding hydrogens is 410 g/mol. The smallest absolute Gasteiger partial charge is 0.324 e. The predicted molar refractivity (Wildman–Crippen MR) is 98.8 cm³/mol. The van der Waals surface area contributed by atoms with E-state index in [2.05, 4.69) is 15.9 Å². The Labute approximate surface area is 155 Å². The molecule has 2 aromatic rings. The van der Waals surface area contributed by atoms with E-state index in [1.807, 2.05) is 13.0 Å². The second-order valence-electron chi connectivity index (χ2n) is 5.49. The predicted octanol–water partition coefficient (Wildman–Crippen LogP) is 3.35. The summed E-state index contributed by atoms with van der Waals surface area (Å²) in [6, 6.07) is 9.56. The van der Waals surface area contributed by atoms with Gasteiger partial charge in [0, 0.05) is 0 Å². The van der Waals surface area contributed by atoms with Crippen LogP contribution in [-0.4, -0.2) is 33.1 Å². The molecule has 0 amide bonds. The number of hydrogen-bond donors (Lipinski definition) is 1. The van der Waals surface area contributed by atoms with E-state index in [1.54, 1.807) is 19.1 Å². The lowest BCUT2D eigenvalue weighted by Gasteiger charge is -2.25. The van der Waals surface area contributed by atoms with Crippen molar-refractivity contribution in [1.29, 1.82) is 0 Å². The highest BCUT2D eigenvalue weighted by Gasteiger charge is 2.29. The van der Waals surface area contributed by atoms with Crippen molar-refractivity contribution in [3.63, 3.8) is 0 Å². The highest BCUT2D eigenvalue weighted by molar-refractivity contribution is 9.10. The fraction of sp³-hybridized carbons (Fsp3) is 0.235. The monoisotopic (exact) mass is 427 g/mol. The number of ether oxygens (including phenoxy) is 1. The Morgan fingerprint density at radius 2 is 1.88 bits per heavy atom. The molecule has 6 nitrogen and oxygen atoms in total. The summed E-state index contributed by atoms with van der Waals surface area (Å²) in [5.74, 6) is -0.757. The quantitative estimate of drug-likeness (QED) is 0.763. The molecule has 2 aromatic carbocycles. The van der Waals surface area contributed by atoms with Gasteiger partial charge in [-0.05, 0) is 65.2 Å². The van der Waals surface area contributed by atoms with Gasteiger partial charge >= 0.3 is 5.97 Å². The number of carboxylic acids is 1. The first kappa shape index (κ1) is 19.3. The van der Waals surface area contributed by atoms with Gasteiger partial charge in [0.25, 0.3) is 10.0 Å². The van der Waals surface area contributed by atoms with Gasteiger partial charge in [0.2, 0.25) is 0 Å². The molecule has 0 aliphatic heterocycles. The summed E-state index contributed by atoms with van der Waals surface area (Å²) in [7, 11) is -2.60. The number of anilines is 1. The van der Waals surface area contributed by atoms with E-state index in [0.717, 1.165) is 9.87 Å². The van der Waals surface area contributed by atoms with Crippen LogP contribution < -0.4 is 9.04 Å². The van der Waals surface area contributed by atoms with Gasteiger partial charge in [-0.15, -0.1) is 0 Å². The van der Waals surface area contributed by atoms with Gasteiger partial charge in [0.1, 0.15) is 12.3 Å². The zero-order valence-electron chi connectivity index (χ0n) is 14.0. The molecule has 134 valence electrons. The minimum absolute atomic E-state index is 0.0256. The topological polar surface area (TPSA) is 83.9 Å². The second kappa shape index (κ2) is 7.45. The average molecular weight is 428 g/mol. The summed E-state index contributed by atoms with van der Waals surface area (Å²) < 4.78 is 32.7. The van der Waals surface area contributed by atoms with Crippen LogP contribution in [0.2, 0.25) is 0 Å². The van der Waals surface area contributed by atoms with Crippen molar-refractivity contribution >= 4 is 37.6 Å². The number of nitrogens with zero attached hydrogens (tertiary/aromatic N) is 1. The van der Waals surface area contributed by atoms with Crippen molar-refractivity contribution < 1.29 is 23.1 Å². The van der Waals surface area contributed by atoms with Gasteiger partial charge in [-0.25, -0.2) is 8.42 Å². The third-order valence-corrected chi connectivity index (χ3v) is 6.00. The van der Waals surface area contributed by atoms with Crippen LogP contribution in [-0.2, 0) is 14.8 Å². The third-order valence-electron chi connectivity index (χ3n) is 3.62. The van der Waals surface area contributed by atoms with Crippen LogP contribution in [0.1, 0.15) is 11.1 Å². The number of aryl methyl sites for hydroxylation is 2. The maximum Gasteiger partial charge on any atom is 0.324 e. The SMILES string of the molecule is COc1ccc(S(=O)(=O)N(CC(=O)O)c2cc(C)ccc2C)cc1Br. The van der Waals surface area contributed by atoms with Gasteiger partial charge in [-0.1, -0.05) is 12.1 Å². The van der Waals surface area contributed by atoms with Crippen LogP contribution in [0.25, 0.3) is 0 Å². The number of carboxylic acid groups (broad SMARTS) is 1. The molecular formula is C17H18BrNO5S. The molecule has 0 saturated heterocycles. The number of carbonyl (C=O) groups is 1. The first-order valence-corrected chi connectivity index (χ1v) is 9.55. The first-order chi connectivity index (χ1) is 11.7. The first-order valence-electron chi connectivity index (χ1n) is 7.32. The highest BCUT2D eigenvalue weighted by atomic mass is 79.9. The Morgan fingerprint density at radius 3 is 2.44 bits per heavy atom. The Bertz CT molecular complexity index is 911. The van der Waals surface area contributed by atoms with Crippen LogP contribution in [0.4, 0.5) is 5.69 Å². The fourth-order valence-corrected chi connectivity index (χ4v) is 4.53. The summed E-state index contributed by atoms with van der Waals surface area (Å²) in [5, 5.41) is 9.22. The Morgan fingerprint density at radius 1 is 1.20 bits per heavy atom. The summed E-state index contributed by atoms with van der Waals surface area (Å²) in [4.78, 5) is 11.3. The number of hydrogen-bond acceptors (Lipinski definition) is 4. The number of benzene rings is 2. The second-order valence-corrected chi connectivity index (χ2v) is 8.21. The minimum Gasteiger partial charge on any atom is -0.496 e. The molecule has 8 heteroatoms. The minimum atomic E-state index is -4.07. The molecule has 0 heterocycles. The van der Waals surface area contributed by atoms with E-state index in [9.17, 15) is 18.3 Å². The van der Waals surface area contributed by atoms with Crippen LogP contribution in [0.5, 0.6) is 5.75 Å². The molecule has 0 radical (unpaired) electrons. The van der Waals surface area contributed by atoms with Crippen molar-refractivity contribution in [2.45, 2.75) is 18.7 Å². The van der Waals surface area contributed by atoms with Crippen LogP contribution in [0.3, 0.4) is 0 Å². The molecule has 0 fully saturated rings. The number of methoxy groups -OCH3 is 1. The third kappa shape index (κ3) is 4.13. The van der Waals surface area contributed by atoms with E-state index >= 15 is 0 Å². The van der Waals surface area contributed by atoms with Crippen LogP contribution in [0, 0.1) is 13.8 Å². The normalized spacial score (nSPS) is 11.2. The van der Waals surface area contributed by atoms with Crippen molar-refractivity contribution in [2.24, 2.45) is 0 Å². The molecule has 0 aliphatic rings. The molecule has 2 rings (SSSR count). The number of aliphatic carboxylic acids is 1. The summed E-state index contributed by atoms with van der Waals surface area (Å²) in [6.07, 6.45) is 0. The lowest BCUT2D eigenvalue weighted by Crippen LogP contribution is -2.36. The Kier molecular flexibility index (Phi) is 5.74. The zero-order valence-corrected chi connectivity index (χ0v) is 16.4. The zero-order chi connectivity index (χ0) is 18.8. The van der Waals surface area contributed by atoms with Crippen LogP contribution in [0.15, 0.2) is 45.8 Å². The summed E-state index contributed by atoms with van der Waals surface area (Å²) in [5.41, 5.74) is 1.85. The molecule has 0 spiro atoms. The maximum absolute atomic E-state index is 13.1. The number of sulfonamides is 1. The summed E-state index contributed by atoms with van der Waals surface area (Å²) >= 11 is 3.26. The molecule has 1 N–H and O–H groups in total. The van der Waals surface area contributed by atoms with E-state index in [-0.39, 0.29) is 4.90 Å². The Balaban J connectivity index is 2.62. The molecule has 0 aromatic heterocycles. The van der Waals surface area contributed by atoms with Gasteiger partial charge in [-0.2, -0.15) is 0 Å². The molecule has 0 unspecified atom stereocenters. The van der Waals surface area contributed by atoms with Crippen molar-refractivity contribution in [1.82, 2.24) is 0 Å². The number of rotatable bonds is 6. The van der Waals surface area contributed by atoms with Crippen molar-refractivity contribution in [3.8, 4) is 5.75 Å². The standard InChI is InChI=1S/C17H18BrNO5S/c1-11-4-5-12(2)15(8-11)19(10-17(20)21)25(22,23)13-6-7-16(24-3)14(18)9-13/h4-9H,10H2,1-3H3,(H,20,21). The van der Waals surface area contributed by atoms with Crippen LogP contribution >= 0.6 is 15.9 Å². The summed E-state index contributed by atoms with van der Waals surface area (Å²) in [6.45, 7) is 2.89. The van der Waals surface area contributed by atoms with Crippen molar-refractivity contribution in [2.75, 3.05) is 18.0 Å². The van der Waals surface area contributed by atoms with Crippen molar-refractivity contribution in [3.05, 3.63) is 52.0 Å². The molecule has 0 aliphatic carbocycles. The van der Waals surface area contributed by atoms with E-state index in [1.165, 1.54) is 25.3 Å². The van der Waals surface area contributed by atoms with Gasteiger partial charge in [0.05, 0.1) is 22.2 Å². The maximum atomic E-state index is 13.1. The highest BCUT2D eigenvalue weighted by Crippen LogP contribution is 2.32. The fourth-order valence-electron chi connectivity index (χ4n) is 2.35. The molecule has 0 bridgehead atoms. The van der Waals surface area contributed by atoms with E-state index in [4.69, 9.17) is 4.74 Å². The van der Waals surface area contributed by atoms with Gasteiger partial charge in [0.15, 0.2) is 0 Å². The van der Waals surface area contributed by atoms with Gasteiger partial charge in [-0.3, -0.25) is 9.10 Å². The van der Waals surface area contributed by atoms with Gasteiger partial charge < -0.3 is 9.84 Å². The average Bonchev–Trinajstić information content (AvgIpc) is 2.54. The largest absolute Gasteiger partial charge is 0.496 e. The lowest BCUT2D eigenvalue weighted by atomic mass is 10.1. The van der Waals surface area contributed by atoms with E-state index < -0.39 is 22.5 Å².